The van der Waals surface area contributed by atoms with Crippen LogP contribution in [0.5, 0.6) is 0 Å². The fraction of sp³-hybridized carbons (Fsp3) is 0.762. The molecule has 0 N–H and O–H groups in total. The van der Waals surface area contributed by atoms with Gasteiger partial charge in [-0.05, 0) is 57.4 Å². The van der Waals surface area contributed by atoms with Gasteiger partial charge in [0.2, 0.25) is 5.91 Å². The Balaban J connectivity index is 1.32. The third-order valence-electron chi connectivity index (χ3n) is 6.71. The number of hydrogen-bond donors (Lipinski definition) is 0. The summed E-state index contributed by atoms with van der Waals surface area (Å²) in [6.45, 7) is 6.70. The van der Waals surface area contributed by atoms with E-state index in [1.54, 1.807) is 16.9 Å². The molecule has 1 atom stereocenters. The number of likely N-dealkylation sites (tertiary alicyclic amines) is 2. The third-order valence-corrected chi connectivity index (χ3v) is 6.71. The molecule has 0 aromatic carbocycles. The lowest BCUT2D eigenvalue weighted by atomic mass is 9.78. The van der Waals surface area contributed by atoms with Crippen molar-refractivity contribution in [1.29, 1.82) is 0 Å². The molecule has 3 aliphatic rings. The summed E-state index contributed by atoms with van der Waals surface area (Å²) >= 11 is 0. The van der Waals surface area contributed by atoms with Gasteiger partial charge in [0.05, 0.1) is 5.60 Å². The number of carbonyl (C=O) groups excluding carboxylic acids is 2. The SMILES string of the molecule is CCn1nccc1C(=O)N1CCC2(CC1)CC(CC(=O)N1CCCC1)CCO2. The summed E-state index contributed by atoms with van der Waals surface area (Å²) in [5.74, 6) is 0.788. The van der Waals surface area contributed by atoms with Gasteiger partial charge in [0, 0.05) is 51.9 Å². The highest BCUT2D eigenvalue weighted by Gasteiger charge is 2.42. The summed E-state index contributed by atoms with van der Waals surface area (Å²) in [4.78, 5) is 29.3. The monoisotopic (exact) mass is 388 g/mol. The first-order chi connectivity index (χ1) is 13.6. The van der Waals surface area contributed by atoms with E-state index >= 15 is 0 Å². The molecular weight excluding hydrogens is 356 g/mol. The fourth-order valence-corrected chi connectivity index (χ4v) is 5.04. The lowest BCUT2D eigenvalue weighted by molar-refractivity contribution is -0.140. The van der Waals surface area contributed by atoms with Crippen molar-refractivity contribution >= 4 is 11.8 Å². The van der Waals surface area contributed by atoms with E-state index in [1.807, 2.05) is 16.7 Å². The number of ether oxygens (including phenoxy) is 1. The zero-order chi connectivity index (χ0) is 19.6. The van der Waals surface area contributed by atoms with Crippen LogP contribution in [0.4, 0.5) is 0 Å². The summed E-state index contributed by atoms with van der Waals surface area (Å²) < 4.78 is 7.98. The second kappa shape index (κ2) is 8.23. The van der Waals surface area contributed by atoms with Crippen LogP contribution in [0.2, 0.25) is 0 Å². The molecule has 1 spiro atoms. The highest BCUT2D eigenvalue weighted by atomic mass is 16.5. The molecule has 4 rings (SSSR count). The molecule has 0 radical (unpaired) electrons. The van der Waals surface area contributed by atoms with Crippen LogP contribution in [0.3, 0.4) is 0 Å². The van der Waals surface area contributed by atoms with Gasteiger partial charge in [-0.25, -0.2) is 0 Å². The highest BCUT2D eigenvalue weighted by molar-refractivity contribution is 5.92. The summed E-state index contributed by atoms with van der Waals surface area (Å²) in [5, 5.41) is 4.21. The molecule has 2 amide bonds. The number of rotatable bonds is 4. The van der Waals surface area contributed by atoms with E-state index in [2.05, 4.69) is 5.10 Å². The second-order valence-electron chi connectivity index (χ2n) is 8.51. The van der Waals surface area contributed by atoms with Gasteiger partial charge in [-0.15, -0.1) is 0 Å². The van der Waals surface area contributed by atoms with Crippen LogP contribution < -0.4 is 0 Å². The minimum absolute atomic E-state index is 0.0609. The maximum absolute atomic E-state index is 12.8. The lowest BCUT2D eigenvalue weighted by Gasteiger charge is -2.46. The topological polar surface area (TPSA) is 67.7 Å². The summed E-state index contributed by atoms with van der Waals surface area (Å²) in [5.41, 5.74) is 0.507. The van der Waals surface area contributed by atoms with Gasteiger partial charge >= 0.3 is 0 Å². The number of carbonyl (C=O) groups is 2. The predicted molar refractivity (Wildman–Crippen MR) is 105 cm³/mol. The molecule has 3 aliphatic heterocycles. The second-order valence-corrected chi connectivity index (χ2v) is 8.51. The van der Waals surface area contributed by atoms with Gasteiger partial charge < -0.3 is 14.5 Å². The van der Waals surface area contributed by atoms with Crippen molar-refractivity contribution < 1.29 is 14.3 Å². The summed E-state index contributed by atoms with van der Waals surface area (Å²) in [6, 6.07) is 1.80. The van der Waals surface area contributed by atoms with E-state index in [9.17, 15) is 9.59 Å². The molecule has 3 fully saturated rings. The molecule has 1 aromatic rings. The summed E-state index contributed by atoms with van der Waals surface area (Å²) in [7, 11) is 0. The molecule has 154 valence electrons. The Morgan fingerprint density at radius 2 is 1.93 bits per heavy atom. The van der Waals surface area contributed by atoms with Crippen LogP contribution in [-0.2, 0) is 16.1 Å². The van der Waals surface area contributed by atoms with Crippen molar-refractivity contribution in [1.82, 2.24) is 19.6 Å². The normalized spacial score (nSPS) is 24.7. The Bertz CT molecular complexity index is 702. The quantitative estimate of drug-likeness (QED) is 0.794. The van der Waals surface area contributed by atoms with Crippen LogP contribution >= 0.6 is 0 Å². The Kier molecular flexibility index (Phi) is 5.71. The van der Waals surface area contributed by atoms with E-state index in [4.69, 9.17) is 4.74 Å². The van der Waals surface area contributed by atoms with E-state index in [0.717, 1.165) is 58.2 Å². The number of amides is 2. The smallest absolute Gasteiger partial charge is 0.272 e. The largest absolute Gasteiger partial charge is 0.375 e. The maximum atomic E-state index is 12.8. The molecule has 1 aromatic heterocycles. The van der Waals surface area contributed by atoms with Crippen molar-refractivity contribution in [3.05, 3.63) is 18.0 Å². The van der Waals surface area contributed by atoms with Crippen molar-refractivity contribution in [3.63, 3.8) is 0 Å². The van der Waals surface area contributed by atoms with E-state index < -0.39 is 0 Å². The fourth-order valence-electron chi connectivity index (χ4n) is 5.04. The standard InChI is InChI=1S/C21H32N4O3/c1-2-25-18(5-9-22-25)20(27)24-12-7-21(8-13-24)16-17(6-14-28-21)15-19(26)23-10-3-4-11-23/h5,9,17H,2-4,6-8,10-16H2,1H3. The van der Waals surface area contributed by atoms with Gasteiger partial charge in [-0.3, -0.25) is 14.3 Å². The van der Waals surface area contributed by atoms with E-state index in [1.165, 1.54) is 0 Å². The molecule has 0 bridgehead atoms. The van der Waals surface area contributed by atoms with Gasteiger partial charge in [-0.2, -0.15) is 5.10 Å². The van der Waals surface area contributed by atoms with Gasteiger partial charge in [0.1, 0.15) is 5.69 Å². The average Bonchev–Trinajstić information content (AvgIpc) is 3.40. The Morgan fingerprint density at radius 1 is 1.18 bits per heavy atom. The predicted octanol–water partition coefficient (Wildman–Crippen LogP) is 2.32. The van der Waals surface area contributed by atoms with Crippen LogP contribution in [0.15, 0.2) is 12.3 Å². The first kappa shape index (κ1) is 19.4. The average molecular weight is 389 g/mol. The molecule has 28 heavy (non-hydrogen) atoms. The lowest BCUT2D eigenvalue weighted by Crippen LogP contribution is -2.51. The van der Waals surface area contributed by atoms with Crippen molar-refractivity contribution in [2.75, 3.05) is 32.8 Å². The number of aryl methyl sites for hydroxylation is 1. The van der Waals surface area contributed by atoms with Crippen molar-refractivity contribution in [2.24, 2.45) is 5.92 Å². The van der Waals surface area contributed by atoms with Crippen molar-refractivity contribution in [2.45, 2.75) is 64.0 Å². The molecule has 7 heteroatoms. The molecular formula is C21H32N4O3. The van der Waals surface area contributed by atoms with Gasteiger partial charge in [0.15, 0.2) is 0 Å². The summed E-state index contributed by atoms with van der Waals surface area (Å²) in [6.07, 6.45) is 8.26. The molecule has 4 heterocycles. The molecule has 7 nitrogen and oxygen atoms in total. The highest BCUT2D eigenvalue weighted by Crippen LogP contribution is 2.39. The minimum atomic E-state index is -0.157. The van der Waals surface area contributed by atoms with Crippen LogP contribution in [0.25, 0.3) is 0 Å². The van der Waals surface area contributed by atoms with Gasteiger partial charge in [0.25, 0.3) is 5.91 Å². The molecule has 1 unspecified atom stereocenters. The van der Waals surface area contributed by atoms with E-state index in [0.29, 0.717) is 43.6 Å². The molecule has 0 aliphatic carbocycles. The van der Waals surface area contributed by atoms with Crippen LogP contribution in [-0.4, -0.2) is 69.8 Å². The zero-order valence-electron chi connectivity index (χ0n) is 16.9. The first-order valence-electron chi connectivity index (χ1n) is 10.8. The van der Waals surface area contributed by atoms with Crippen LogP contribution in [0.1, 0.15) is 62.4 Å². The number of nitrogens with zero attached hydrogens (tertiary/aromatic N) is 4. The third kappa shape index (κ3) is 3.95. The van der Waals surface area contributed by atoms with Crippen LogP contribution in [0, 0.1) is 5.92 Å². The number of aromatic nitrogens is 2. The Labute approximate surface area is 167 Å². The minimum Gasteiger partial charge on any atom is -0.375 e. The number of hydrogen-bond acceptors (Lipinski definition) is 4. The van der Waals surface area contributed by atoms with E-state index in [-0.39, 0.29) is 11.5 Å². The molecule has 3 saturated heterocycles. The maximum Gasteiger partial charge on any atom is 0.272 e. The Hall–Kier alpha value is -1.89. The van der Waals surface area contributed by atoms with Crippen molar-refractivity contribution in [3.8, 4) is 0 Å². The zero-order valence-corrected chi connectivity index (χ0v) is 16.9. The Morgan fingerprint density at radius 3 is 2.64 bits per heavy atom. The number of piperidine rings is 1. The van der Waals surface area contributed by atoms with Gasteiger partial charge in [-0.1, -0.05) is 0 Å². The molecule has 0 saturated carbocycles. The first-order valence-corrected chi connectivity index (χ1v) is 10.8.